The Balaban J connectivity index is 1.16. The molecule has 1 aromatic carbocycles. The summed E-state index contributed by atoms with van der Waals surface area (Å²) in [5.41, 5.74) is 0.861. The van der Waals surface area contributed by atoms with Gasteiger partial charge in [0.2, 0.25) is 11.8 Å². The Bertz CT molecular complexity index is 1120. The maximum atomic E-state index is 13.0. The number of hydrogen-bond donors (Lipinski definition) is 2. The number of ether oxygens (including phenoxy) is 1. The molecule has 0 aromatic heterocycles. The molecule has 3 heterocycles. The first kappa shape index (κ1) is 28.7. The van der Waals surface area contributed by atoms with Crippen molar-refractivity contribution < 1.29 is 28.7 Å². The zero-order valence-electron chi connectivity index (χ0n) is 23.1. The van der Waals surface area contributed by atoms with Gasteiger partial charge in [-0.15, -0.1) is 0 Å². The average molecular weight is 542 g/mol. The number of carbonyl (C=O) groups excluding carboxylic acids is 5. The van der Waals surface area contributed by atoms with E-state index in [1.807, 2.05) is 20.8 Å². The fourth-order valence-electron chi connectivity index (χ4n) is 5.19. The minimum atomic E-state index is -0.961. The third-order valence-corrected chi connectivity index (χ3v) is 7.16. The predicted molar refractivity (Wildman–Crippen MR) is 144 cm³/mol. The van der Waals surface area contributed by atoms with Crippen LogP contribution < -0.4 is 10.6 Å². The lowest BCUT2D eigenvalue weighted by Gasteiger charge is -2.34. The van der Waals surface area contributed by atoms with Crippen molar-refractivity contribution in [1.82, 2.24) is 20.0 Å². The Morgan fingerprint density at radius 3 is 2.26 bits per heavy atom. The third kappa shape index (κ3) is 7.42. The molecule has 11 nitrogen and oxygen atoms in total. The van der Waals surface area contributed by atoms with E-state index in [2.05, 4.69) is 20.4 Å². The van der Waals surface area contributed by atoms with Crippen LogP contribution in [0.1, 0.15) is 73.6 Å². The van der Waals surface area contributed by atoms with Gasteiger partial charge in [0.15, 0.2) is 0 Å². The number of carbonyl (C=O) groups is 5. The number of imide groups is 2. The van der Waals surface area contributed by atoms with Crippen molar-refractivity contribution in [1.29, 1.82) is 0 Å². The summed E-state index contributed by atoms with van der Waals surface area (Å²) in [7, 11) is 0. The van der Waals surface area contributed by atoms with Crippen LogP contribution in [0, 0.1) is 0 Å². The maximum absolute atomic E-state index is 13.0. The van der Waals surface area contributed by atoms with E-state index in [0.717, 1.165) is 62.7 Å². The lowest BCUT2D eigenvalue weighted by molar-refractivity contribution is -0.155. The van der Waals surface area contributed by atoms with Gasteiger partial charge in [0.1, 0.15) is 11.6 Å². The molecule has 2 fully saturated rings. The monoisotopic (exact) mass is 541 g/mol. The van der Waals surface area contributed by atoms with Crippen LogP contribution in [0.25, 0.3) is 0 Å². The Morgan fingerprint density at radius 1 is 0.974 bits per heavy atom. The van der Waals surface area contributed by atoms with E-state index < -0.39 is 35.3 Å². The van der Waals surface area contributed by atoms with Crippen LogP contribution in [0.3, 0.4) is 0 Å². The molecule has 212 valence electrons. The SMILES string of the molecule is CC(C)(C)OC(=O)CCCN1CCN(CCCNc2ccc3c(c2)C(=O)N(C2CCC(=O)NC2=O)C3=O)CC1. The van der Waals surface area contributed by atoms with E-state index in [1.54, 1.807) is 18.2 Å². The summed E-state index contributed by atoms with van der Waals surface area (Å²) in [4.78, 5) is 67.2. The van der Waals surface area contributed by atoms with Gasteiger partial charge in [-0.05, 0) is 71.3 Å². The van der Waals surface area contributed by atoms with Gasteiger partial charge in [-0.2, -0.15) is 0 Å². The van der Waals surface area contributed by atoms with Crippen molar-refractivity contribution >= 4 is 35.3 Å². The summed E-state index contributed by atoms with van der Waals surface area (Å²) >= 11 is 0. The Kier molecular flexibility index (Phi) is 9.01. The van der Waals surface area contributed by atoms with Crippen LogP contribution in [0.2, 0.25) is 0 Å². The highest BCUT2D eigenvalue weighted by Gasteiger charge is 2.44. The van der Waals surface area contributed by atoms with Gasteiger partial charge in [-0.1, -0.05) is 0 Å². The molecule has 0 aliphatic carbocycles. The first-order valence-corrected chi connectivity index (χ1v) is 13.8. The fraction of sp³-hybridized carbons (Fsp3) is 0.607. The lowest BCUT2D eigenvalue weighted by atomic mass is 10.0. The lowest BCUT2D eigenvalue weighted by Crippen LogP contribution is -2.54. The normalized spacial score (nSPS) is 20.7. The second-order valence-electron chi connectivity index (χ2n) is 11.4. The van der Waals surface area contributed by atoms with Crippen LogP contribution in [0.4, 0.5) is 5.69 Å². The van der Waals surface area contributed by atoms with E-state index in [-0.39, 0.29) is 29.9 Å². The Morgan fingerprint density at radius 2 is 1.62 bits per heavy atom. The van der Waals surface area contributed by atoms with Gasteiger partial charge >= 0.3 is 5.97 Å². The first-order chi connectivity index (χ1) is 18.5. The topological polar surface area (TPSA) is 128 Å². The second-order valence-corrected chi connectivity index (χ2v) is 11.4. The first-order valence-electron chi connectivity index (χ1n) is 13.8. The molecule has 0 bridgehead atoms. The number of hydrogen-bond acceptors (Lipinski definition) is 9. The summed E-state index contributed by atoms with van der Waals surface area (Å²) in [6, 6.07) is 4.09. The molecule has 3 aliphatic heterocycles. The van der Waals surface area contributed by atoms with Crippen molar-refractivity contribution in [3.8, 4) is 0 Å². The molecule has 1 atom stereocenters. The number of benzene rings is 1. The molecule has 2 N–H and O–H groups in total. The summed E-state index contributed by atoms with van der Waals surface area (Å²) in [5.74, 6) is -2.14. The van der Waals surface area contributed by atoms with Gasteiger partial charge < -0.3 is 19.9 Å². The van der Waals surface area contributed by atoms with Gasteiger partial charge in [0, 0.05) is 51.3 Å². The molecule has 0 spiro atoms. The Labute approximate surface area is 229 Å². The maximum Gasteiger partial charge on any atom is 0.306 e. The molecule has 4 amide bonds. The minimum Gasteiger partial charge on any atom is -0.460 e. The molecule has 0 saturated carbocycles. The van der Waals surface area contributed by atoms with E-state index in [1.165, 1.54) is 0 Å². The van der Waals surface area contributed by atoms with Crippen LogP contribution in [-0.2, 0) is 19.1 Å². The van der Waals surface area contributed by atoms with Crippen LogP contribution >= 0.6 is 0 Å². The largest absolute Gasteiger partial charge is 0.460 e. The molecule has 2 saturated heterocycles. The zero-order valence-corrected chi connectivity index (χ0v) is 23.1. The summed E-state index contributed by atoms with van der Waals surface area (Å²) in [6.45, 7) is 12.1. The number of piperazine rings is 1. The smallest absolute Gasteiger partial charge is 0.306 e. The number of esters is 1. The minimum absolute atomic E-state index is 0.0970. The zero-order chi connectivity index (χ0) is 28.2. The summed E-state index contributed by atoms with van der Waals surface area (Å²) in [6.07, 6.45) is 2.41. The van der Waals surface area contributed by atoms with Crippen molar-refractivity contribution in [2.75, 3.05) is 51.1 Å². The Hall–Kier alpha value is -3.31. The molecular formula is C28H39N5O6. The van der Waals surface area contributed by atoms with Crippen molar-refractivity contribution in [2.45, 2.75) is 64.5 Å². The highest BCUT2D eigenvalue weighted by atomic mass is 16.6. The molecule has 3 aliphatic rings. The number of rotatable bonds is 10. The van der Waals surface area contributed by atoms with E-state index in [9.17, 15) is 24.0 Å². The molecule has 1 aromatic rings. The van der Waals surface area contributed by atoms with Gasteiger partial charge in [0.05, 0.1) is 11.1 Å². The van der Waals surface area contributed by atoms with Gasteiger partial charge in [-0.25, -0.2) is 0 Å². The predicted octanol–water partition coefficient (Wildman–Crippen LogP) is 1.63. The van der Waals surface area contributed by atoms with Crippen molar-refractivity contribution in [3.63, 3.8) is 0 Å². The van der Waals surface area contributed by atoms with E-state index in [0.29, 0.717) is 13.0 Å². The van der Waals surface area contributed by atoms with E-state index >= 15 is 0 Å². The number of fused-ring (bicyclic) bond motifs is 1. The standard InChI is InChI=1S/C28H39N5O6/c1-28(2,3)39-24(35)6-4-12-31-14-16-32(17-15-31)13-5-11-29-19-7-8-20-21(18-19)27(38)33(26(20)37)22-9-10-23(34)30-25(22)36/h7-8,18,22,29H,4-6,9-17H2,1-3H3,(H,30,34,36). The van der Waals surface area contributed by atoms with Gasteiger partial charge in [-0.3, -0.25) is 34.2 Å². The number of piperidine rings is 1. The number of anilines is 1. The number of amides is 4. The fourth-order valence-corrected chi connectivity index (χ4v) is 5.19. The molecule has 1 unspecified atom stereocenters. The van der Waals surface area contributed by atoms with Gasteiger partial charge in [0.25, 0.3) is 11.8 Å². The molecule has 39 heavy (non-hydrogen) atoms. The molecule has 11 heteroatoms. The molecule has 4 rings (SSSR count). The highest BCUT2D eigenvalue weighted by Crippen LogP contribution is 2.29. The second kappa shape index (κ2) is 12.3. The third-order valence-electron chi connectivity index (χ3n) is 7.16. The highest BCUT2D eigenvalue weighted by molar-refractivity contribution is 6.23. The van der Waals surface area contributed by atoms with E-state index in [4.69, 9.17) is 4.74 Å². The molecule has 0 radical (unpaired) electrons. The van der Waals surface area contributed by atoms with Crippen LogP contribution in [0.5, 0.6) is 0 Å². The van der Waals surface area contributed by atoms with Crippen molar-refractivity contribution in [3.05, 3.63) is 29.3 Å². The quantitative estimate of drug-likeness (QED) is 0.258. The molecular weight excluding hydrogens is 502 g/mol. The van der Waals surface area contributed by atoms with Crippen LogP contribution in [-0.4, -0.2) is 102 Å². The number of nitrogens with zero attached hydrogens (tertiary/aromatic N) is 3. The summed E-state index contributed by atoms with van der Waals surface area (Å²) in [5, 5.41) is 5.54. The number of nitrogens with one attached hydrogen (secondary N) is 2. The average Bonchev–Trinajstić information content (AvgIpc) is 3.11. The summed E-state index contributed by atoms with van der Waals surface area (Å²) < 4.78 is 5.37. The van der Waals surface area contributed by atoms with Crippen LogP contribution in [0.15, 0.2) is 18.2 Å². The van der Waals surface area contributed by atoms with Crippen molar-refractivity contribution in [2.24, 2.45) is 0 Å².